The normalized spacial score (nSPS) is 12.5. The van der Waals surface area contributed by atoms with E-state index in [1.54, 1.807) is 11.8 Å². The standard InChI is InChI=1S/C21H15NOS/c1-13-6-8-14(9-7-13)16-10-15-11-19-21(12-17(15)22-16)24-20-5-3-2-4-18(20)23-19/h2-12,22H,1H3. The molecule has 0 bridgehead atoms. The molecule has 4 aromatic rings. The molecular formula is C21H15NOS. The maximum atomic E-state index is 6.08. The zero-order chi connectivity index (χ0) is 16.1. The molecule has 1 aromatic heterocycles. The molecule has 0 amide bonds. The number of aromatic amines is 1. The lowest BCUT2D eigenvalue weighted by atomic mass is 10.1. The number of H-pyrrole nitrogens is 1. The van der Waals surface area contributed by atoms with Crippen molar-refractivity contribution in [1.82, 2.24) is 4.98 Å². The summed E-state index contributed by atoms with van der Waals surface area (Å²) in [4.78, 5) is 5.85. The van der Waals surface area contributed by atoms with Gasteiger partial charge in [0.15, 0.2) is 0 Å². The molecule has 0 fully saturated rings. The molecule has 1 N–H and O–H groups in total. The van der Waals surface area contributed by atoms with Crippen LogP contribution in [0.3, 0.4) is 0 Å². The molecule has 24 heavy (non-hydrogen) atoms. The predicted molar refractivity (Wildman–Crippen MR) is 99.1 cm³/mol. The van der Waals surface area contributed by atoms with E-state index in [9.17, 15) is 0 Å². The Hall–Kier alpha value is -2.65. The molecule has 1 aliphatic rings. The molecule has 2 heterocycles. The fraction of sp³-hybridized carbons (Fsp3) is 0.0476. The largest absolute Gasteiger partial charge is 0.455 e. The van der Waals surface area contributed by atoms with Crippen molar-refractivity contribution in [2.75, 3.05) is 0 Å². The third-order valence-electron chi connectivity index (χ3n) is 4.34. The fourth-order valence-electron chi connectivity index (χ4n) is 3.04. The first-order chi connectivity index (χ1) is 11.8. The summed E-state index contributed by atoms with van der Waals surface area (Å²) in [7, 11) is 0. The van der Waals surface area contributed by atoms with Crippen LogP contribution in [0.25, 0.3) is 22.2 Å². The number of benzene rings is 3. The number of hydrogen-bond donors (Lipinski definition) is 1. The van der Waals surface area contributed by atoms with Gasteiger partial charge < -0.3 is 9.72 Å². The van der Waals surface area contributed by atoms with Gasteiger partial charge in [0.05, 0.1) is 9.79 Å². The second-order valence-corrected chi connectivity index (χ2v) is 7.17. The van der Waals surface area contributed by atoms with Crippen molar-refractivity contribution in [2.45, 2.75) is 16.7 Å². The van der Waals surface area contributed by atoms with E-state index in [0.29, 0.717) is 0 Å². The van der Waals surface area contributed by atoms with Crippen molar-refractivity contribution in [3.63, 3.8) is 0 Å². The minimum atomic E-state index is 0.931. The fourth-order valence-corrected chi connectivity index (χ4v) is 4.02. The molecule has 0 saturated carbocycles. The van der Waals surface area contributed by atoms with Gasteiger partial charge in [0.2, 0.25) is 0 Å². The van der Waals surface area contributed by atoms with Crippen LogP contribution in [-0.4, -0.2) is 4.98 Å². The van der Waals surface area contributed by atoms with E-state index < -0.39 is 0 Å². The molecule has 3 aromatic carbocycles. The molecular weight excluding hydrogens is 314 g/mol. The van der Waals surface area contributed by atoms with E-state index in [1.807, 2.05) is 18.2 Å². The number of nitrogens with one attached hydrogen (secondary N) is 1. The monoisotopic (exact) mass is 329 g/mol. The summed E-state index contributed by atoms with van der Waals surface area (Å²) in [6.45, 7) is 2.11. The highest BCUT2D eigenvalue weighted by Crippen LogP contribution is 2.48. The van der Waals surface area contributed by atoms with Crippen molar-refractivity contribution >= 4 is 22.7 Å². The first-order valence-corrected chi connectivity index (χ1v) is 8.76. The van der Waals surface area contributed by atoms with Crippen LogP contribution < -0.4 is 4.74 Å². The Balaban J connectivity index is 1.61. The van der Waals surface area contributed by atoms with Crippen LogP contribution in [0, 0.1) is 6.92 Å². The summed E-state index contributed by atoms with van der Waals surface area (Å²) in [5, 5.41) is 1.17. The Bertz CT molecular complexity index is 1000. The first kappa shape index (κ1) is 13.8. The van der Waals surface area contributed by atoms with Crippen LogP contribution in [0.15, 0.2) is 76.5 Å². The number of para-hydroxylation sites is 1. The van der Waals surface area contributed by atoms with Crippen LogP contribution in [0.5, 0.6) is 11.5 Å². The Labute approximate surface area is 144 Å². The zero-order valence-electron chi connectivity index (χ0n) is 13.2. The first-order valence-electron chi connectivity index (χ1n) is 7.95. The van der Waals surface area contributed by atoms with Crippen LogP contribution >= 0.6 is 11.8 Å². The van der Waals surface area contributed by atoms with Crippen LogP contribution in [0.1, 0.15) is 5.56 Å². The lowest BCUT2D eigenvalue weighted by Gasteiger charge is -2.19. The average Bonchev–Trinajstić information content (AvgIpc) is 3.01. The SMILES string of the molecule is Cc1ccc(-c2cc3cc4c(cc3[nH]2)Sc2ccccc2O4)cc1. The highest BCUT2D eigenvalue weighted by atomic mass is 32.2. The molecule has 3 heteroatoms. The second-order valence-electron chi connectivity index (χ2n) is 6.09. The summed E-state index contributed by atoms with van der Waals surface area (Å²) in [5.41, 5.74) is 4.74. The lowest BCUT2D eigenvalue weighted by molar-refractivity contribution is 0.455. The topological polar surface area (TPSA) is 25.0 Å². The Morgan fingerprint density at radius 2 is 1.67 bits per heavy atom. The van der Waals surface area contributed by atoms with Crippen LogP contribution in [-0.2, 0) is 0 Å². The molecule has 5 rings (SSSR count). The molecule has 0 unspecified atom stereocenters. The lowest BCUT2D eigenvalue weighted by Crippen LogP contribution is -1.94. The molecule has 0 atom stereocenters. The van der Waals surface area contributed by atoms with Gasteiger partial charge in [0.1, 0.15) is 11.5 Å². The van der Waals surface area contributed by atoms with E-state index in [1.165, 1.54) is 16.5 Å². The zero-order valence-corrected chi connectivity index (χ0v) is 14.0. The smallest absolute Gasteiger partial charge is 0.142 e. The molecule has 1 aliphatic heterocycles. The highest BCUT2D eigenvalue weighted by Gasteiger charge is 2.18. The molecule has 0 radical (unpaired) electrons. The van der Waals surface area contributed by atoms with Gasteiger partial charge in [-0.05, 0) is 42.8 Å². The van der Waals surface area contributed by atoms with Crippen molar-refractivity contribution in [3.05, 3.63) is 72.3 Å². The number of hydrogen-bond acceptors (Lipinski definition) is 2. The Morgan fingerprint density at radius 3 is 2.54 bits per heavy atom. The van der Waals surface area contributed by atoms with Crippen molar-refractivity contribution in [2.24, 2.45) is 0 Å². The maximum absolute atomic E-state index is 6.08. The molecule has 2 nitrogen and oxygen atoms in total. The predicted octanol–water partition coefficient (Wildman–Crippen LogP) is 6.40. The van der Waals surface area contributed by atoms with E-state index in [-0.39, 0.29) is 0 Å². The van der Waals surface area contributed by atoms with Gasteiger partial charge in [-0.15, -0.1) is 0 Å². The van der Waals surface area contributed by atoms with E-state index in [2.05, 4.69) is 60.4 Å². The number of ether oxygens (including phenoxy) is 1. The van der Waals surface area contributed by atoms with Crippen LogP contribution in [0.4, 0.5) is 0 Å². The van der Waals surface area contributed by atoms with Gasteiger partial charge in [-0.25, -0.2) is 0 Å². The quantitative estimate of drug-likeness (QED) is 0.385. The molecule has 116 valence electrons. The average molecular weight is 329 g/mol. The van der Waals surface area contributed by atoms with E-state index >= 15 is 0 Å². The number of rotatable bonds is 1. The molecule has 0 aliphatic carbocycles. The van der Waals surface area contributed by atoms with Crippen molar-refractivity contribution < 1.29 is 4.74 Å². The van der Waals surface area contributed by atoms with E-state index in [0.717, 1.165) is 32.5 Å². The number of aryl methyl sites for hydroxylation is 1. The van der Waals surface area contributed by atoms with Crippen molar-refractivity contribution in [3.8, 4) is 22.8 Å². The van der Waals surface area contributed by atoms with Crippen molar-refractivity contribution in [1.29, 1.82) is 0 Å². The summed E-state index contributed by atoms with van der Waals surface area (Å²) in [6.07, 6.45) is 0. The maximum Gasteiger partial charge on any atom is 0.142 e. The number of aromatic nitrogens is 1. The summed E-state index contributed by atoms with van der Waals surface area (Å²) in [6, 6.07) is 23.3. The third kappa shape index (κ3) is 2.21. The third-order valence-corrected chi connectivity index (χ3v) is 5.43. The van der Waals surface area contributed by atoms with Gasteiger partial charge in [0, 0.05) is 16.6 Å². The van der Waals surface area contributed by atoms with Gasteiger partial charge in [0.25, 0.3) is 0 Å². The minimum Gasteiger partial charge on any atom is -0.455 e. The van der Waals surface area contributed by atoms with Gasteiger partial charge >= 0.3 is 0 Å². The molecule has 0 saturated heterocycles. The highest BCUT2D eigenvalue weighted by molar-refractivity contribution is 7.99. The Kier molecular flexibility index (Phi) is 2.97. The molecule has 0 spiro atoms. The second kappa shape index (κ2) is 5.18. The van der Waals surface area contributed by atoms with Gasteiger partial charge in [-0.1, -0.05) is 53.7 Å². The summed E-state index contributed by atoms with van der Waals surface area (Å²) in [5.74, 6) is 1.87. The summed E-state index contributed by atoms with van der Waals surface area (Å²) >= 11 is 1.76. The van der Waals surface area contributed by atoms with Crippen LogP contribution in [0.2, 0.25) is 0 Å². The summed E-state index contributed by atoms with van der Waals surface area (Å²) < 4.78 is 6.08. The van der Waals surface area contributed by atoms with Gasteiger partial charge in [-0.2, -0.15) is 0 Å². The number of fused-ring (bicyclic) bond motifs is 3. The Morgan fingerprint density at radius 1 is 0.833 bits per heavy atom. The van der Waals surface area contributed by atoms with E-state index in [4.69, 9.17) is 4.74 Å². The van der Waals surface area contributed by atoms with Gasteiger partial charge in [-0.3, -0.25) is 0 Å². The minimum absolute atomic E-state index is 0.931.